The highest BCUT2D eigenvalue weighted by Gasteiger charge is 2.10. The van der Waals surface area contributed by atoms with E-state index in [-0.39, 0.29) is 12.4 Å². The van der Waals surface area contributed by atoms with Crippen LogP contribution in [0.5, 0.6) is 0 Å². The third kappa shape index (κ3) is 2.23. The van der Waals surface area contributed by atoms with Gasteiger partial charge in [-0.1, -0.05) is 6.58 Å². The van der Waals surface area contributed by atoms with Gasteiger partial charge in [0.15, 0.2) is 16.9 Å². The maximum absolute atomic E-state index is 13.5. The van der Waals surface area contributed by atoms with E-state index in [9.17, 15) is 4.39 Å². The van der Waals surface area contributed by atoms with Gasteiger partial charge >= 0.3 is 0 Å². The highest BCUT2D eigenvalue weighted by Crippen LogP contribution is 2.22. The van der Waals surface area contributed by atoms with Crippen LogP contribution < -0.4 is 5.32 Å². The van der Waals surface area contributed by atoms with Gasteiger partial charge in [-0.25, -0.2) is 14.4 Å². The molecule has 5 nitrogen and oxygen atoms in total. The van der Waals surface area contributed by atoms with Crippen LogP contribution in [0.2, 0.25) is 0 Å². The molecule has 0 aliphatic carbocycles. The molecule has 0 fully saturated rings. The molecule has 0 aliphatic rings. The number of rotatable bonds is 4. The molecule has 100 valence electrons. The fourth-order valence-corrected chi connectivity index (χ4v) is 1.80. The molecule has 3 rings (SSSR count). The Morgan fingerprint density at radius 2 is 2.20 bits per heavy atom. The van der Waals surface area contributed by atoms with Crippen molar-refractivity contribution >= 4 is 23.0 Å². The molecule has 3 aromatic rings. The lowest BCUT2D eigenvalue weighted by Crippen LogP contribution is -2.05. The van der Waals surface area contributed by atoms with Crippen molar-refractivity contribution < 1.29 is 8.81 Å². The Bertz CT molecular complexity index is 769. The predicted molar refractivity (Wildman–Crippen MR) is 73.4 cm³/mol. The SMILES string of the molecule is C=Cc1nc2c(NCc3ncccc3F)nccc2o1. The highest BCUT2D eigenvalue weighted by atomic mass is 19.1. The number of oxazole rings is 1. The van der Waals surface area contributed by atoms with E-state index in [4.69, 9.17) is 4.42 Å². The molecule has 0 bridgehead atoms. The minimum atomic E-state index is -0.362. The van der Waals surface area contributed by atoms with Crippen LogP contribution in [0, 0.1) is 5.82 Å². The second-order valence-electron chi connectivity index (χ2n) is 4.05. The normalized spacial score (nSPS) is 10.7. The number of pyridine rings is 2. The third-order valence-corrected chi connectivity index (χ3v) is 2.76. The number of hydrogen-bond acceptors (Lipinski definition) is 5. The van der Waals surface area contributed by atoms with Crippen LogP contribution in [0.25, 0.3) is 17.2 Å². The van der Waals surface area contributed by atoms with Gasteiger partial charge in [0.2, 0.25) is 5.89 Å². The van der Waals surface area contributed by atoms with Crippen molar-refractivity contribution in [2.24, 2.45) is 0 Å². The summed E-state index contributed by atoms with van der Waals surface area (Å²) in [6.45, 7) is 3.82. The molecule has 0 aliphatic heterocycles. The van der Waals surface area contributed by atoms with Gasteiger partial charge in [0, 0.05) is 18.5 Å². The monoisotopic (exact) mass is 270 g/mol. The molecule has 0 unspecified atom stereocenters. The first-order chi connectivity index (χ1) is 9.78. The van der Waals surface area contributed by atoms with E-state index >= 15 is 0 Å². The Morgan fingerprint density at radius 1 is 1.30 bits per heavy atom. The van der Waals surface area contributed by atoms with Crippen molar-refractivity contribution in [1.29, 1.82) is 0 Å². The van der Waals surface area contributed by atoms with Crippen molar-refractivity contribution in [1.82, 2.24) is 15.0 Å². The van der Waals surface area contributed by atoms with Crippen LogP contribution in [0.1, 0.15) is 11.6 Å². The van der Waals surface area contributed by atoms with E-state index in [1.807, 2.05) is 0 Å². The van der Waals surface area contributed by atoms with Crippen molar-refractivity contribution in [3.05, 3.63) is 54.6 Å². The summed E-state index contributed by atoms with van der Waals surface area (Å²) in [5.74, 6) is 0.573. The van der Waals surface area contributed by atoms with Gasteiger partial charge in [-0.3, -0.25) is 4.98 Å². The van der Waals surface area contributed by atoms with Crippen molar-refractivity contribution in [3.8, 4) is 0 Å². The van der Waals surface area contributed by atoms with Crippen molar-refractivity contribution in [2.45, 2.75) is 6.54 Å². The molecule has 0 saturated carbocycles. The van der Waals surface area contributed by atoms with E-state index in [0.717, 1.165) is 0 Å². The van der Waals surface area contributed by atoms with E-state index in [0.29, 0.717) is 28.5 Å². The predicted octanol–water partition coefficient (Wildman–Crippen LogP) is 3.01. The summed E-state index contributed by atoms with van der Waals surface area (Å²) in [6.07, 6.45) is 4.65. The molecule has 1 N–H and O–H groups in total. The van der Waals surface area contributed by atoms with E-state index in [1.165, 1.54) is 12.1 Å². The number of hydrogen-bond donors (Lipinski definition) is 1. The van der Waals surface area contributed by atoms with Crippen molar-refractivity contribution in [2.75, 3.05) is 5.32 Å². The number of halogens is 1. The quantitative estimate of drug-likeness (QED) is 0.789. The summed E-state index contributed by atoms with van der Waals surface area (Å²) in [5, 5.41) is 3.01. The summed E-state index contributed by atoms with van der Waals surface area (Å²) in [7, 11) is 0. The average molecular weight is 270 g/mol. The van der Waals surface area contributed by atoms with Gasteiger partial charge in [0.1, 0.15) is 5.82 Å². The van der Waals surface area contributed by atoms with Gasteiger partial charge in [-0.2, -0.15) is 0 Å². The Labute approximate surface area is 114 Å². The van der Waals surface area contributed by atoms with E-state index < -0.39 is 0 Å². The summed E-state index contributed by atoms with van der Waals surface area (Å²) in [6, 6.07) is 4.62. The van der Waals surface area contributed by atoms with Crippen LogP contribution in [-0.4, -0.2) is 15.0 Å². The minimum absolute atomic E-state index is 0.217. The Morgan fingerprint density at radius 3 is 3.00 bits per heavy atom. The second kappa shape index (κ2) is 5.08. The summed E-state index contributed by atoms with van der Waals surface area (Å²) < 4.78 is 18.9. The van der Waals surface area contributed by atoms with E-state index in [1.54, 1.807) is 24.5 Å². The molecule has 0 saturated heterocycles. The number of aromatic nitrogens is 3. The van der Waals surface area contributed by atoms with Crippen LogP contribution in [0.4, 0.5) is 10.2 Å². The number of nitrogens with one attached hydrogen (secondary N) is 1. The standard InChI is InChI=1S/C14H11FN4O/c1-2-12-19-13-11(20-12)5-7-17-14(13)18-8-10-9(15)4-3-6-16-10/h2-7H,1,8H2,(H,17,18). The largest absolute Gasteiger partial charge is 0.437 e. The third-order valence-electron chi connectivity index (χ3n) is 2.76. The number of fused-ring (bicyclic) bond motifs is 1. The smallest absolute Gasteiger partial charge is 0.219 e. The summed E-state index contributed by atoms with van der Waals surface area (Å²) in [4.78, 5) is 12.4. The van der Waals surface area contributed by atoms with Crippen molar-refractivity contribution in [3.63, 3.8) is 0 Å². The molecule has 0 spiro atoms. The van der Waals surface area contributed by atoms with Crippen LogP contribution in [0.15, 0.2) is 41.6 Å². The first-order valence-electron chi connectivity index (χ1n) is 5.99. The summed E-state index contributed by atoms with van der Waals surface area (Å²) >= 11 is 0. The maximum Gasteiger partial charge on any atom is 0.219 e. The Kier molecular flexibility index (Phi) is 3.12. The molecular formula is C14H11FN4O. The highest BCUT2D eigenvalue weighted by molar-refractivity contribution is 5.84. The lowest BCUT2D eigenvalue weighted by atomic mass is 10.3. The minimum Gasteiger partial charge on any atom is -0.437 e. The number of nitrogens with zero attached hydrogens (tertiary/aromatic N) is 3. The topological polar surface area (TPSA) is 63.8 Å². The zero-order chi connectivity index (χ0) is 13.9. The fraction of sp³-hybridized carbons (Fsp3) is 0.0714. The van der Waals surface area contributed by atoms with Crippen LogP contribution >= 0.6 is 0 Å². The molecule has 20 heavy (non-hydrogen) atoms. The lowest BCUT2D eigenvalue weighted by molar-refractivity contribution is 0.589. The van der Waals surface area contributed by atoms with Gasteiger partial charge in [0.05, 0.1) is 12.2 Å². The lowest BCUT2D eigenvalue weighted by Gasteiger charge is -2.05. The van der Waals surface area contributed by atoms with Gasteiger partial charge in [-0.15, -0.1) is 0 Å². The fourth-order valence-electron chi connectivity index (χ4n) is 1.80. The van der Waals surface area contributed by atoms with Gasteiger partial charge in [-0.05, 0) is 18.2 Å². The Balaban J connectivity index is 1.89. The average Bonchev–Trinajstić information content (AvgIpc) is 2.90. The molecule has 3 heterocycles. The first kappa shape index (κ1) is 12.3. The Hall–Kier alpha value is -2.76. The van der Waals surface area contributed by atoms with Gasteiger partial charge < -0.3 is 9.73 Å². The molecule has 3 aromatic heterocycles. The molecule has 0 amide bonds. The van der Waals surface area contributed by atoms with Gasteiger partial charge in [0.25, 0.3) is 0 Å². The molecular weight excluding hydrogens is 259 g/mol. The molecule has 0 aromatic carbocycles. The molecule has 0 atom stereocenters. The zero-order valence-electron chi connectivity index (χ0n) is 10.5. The van der Waals surface area contributed by atoms with Crippen LogP contribution in [-0.2, 0) is 6.54 Å². The van der Waals surface area contributed by atoms with E-state index in [2.05, 4.69) is 26.8 Å². The molecule has 6 heteroatoms. The molecule has 0 radical (unpaired) electrons. The maximum atomic E-state index is 13.5. The first-order valence-corrected chi connectivity index (χ1v) is 5.99. The zero-order valence-corrected chi connectivity index (χ0v) is 10.5. The second-order valence-corrected chi connectivity index (χ2v) is 4.05. The van der Waals surface area contributed by atoms with Crippen LogP contribution in [0.3, 0.4) is 0 Å². The summed E-state index contributed by atoms with van der Waals surface area (Å²) in [5.41, 5.74) is 1.50. The number of anilines is 1.